The molecule has 2 aromatic heterocycles. The number of nitrogens with one attached hydrogen (secondary N) is 2. The molecule has 148 valence electrons. The van der Waals surface area contributed by atoms with E-state index in [9.17, 15) is 9.59 Å². The molecule has 0 saturated heterocycles. The highest BCUT2D eigenvalue weighted by Gasteiger charge is 2.19. The quantitative estimate of drug-likeness (QED) is 0.756. The molecule has 2 amide bonds. The summed E-state index contributed by atoms with van der Waals surface area (Å²) in [4.78, 5) is 32.6. The zero-order valence-corrected chi connectivity index (χ0v) is 18.1. The summed E-state index contributed by atoms with van der Waals surface area (Å²) >= 11 is 2.73. The van der Waals surface area contributed by atoms with Crippen LogP contribution in [0.5, 0.6) is 0 Å². The van der Waals surface area contributed by atoms with E-state index in [1.165, 1.54) is 22.7 Å². The lowest BCUT2D eigenvalue weighted by Crippen LogP contribution is -2.24. The number of ether oxygens (including phenoxy) is 1. The van der Waals surface area contributed by atoms with E-state index in [4.69, 9.17) is 4.74 Å². The van der Waals surface area contributed by atoms with E-state index in [1.807, 2.05) is 10.8 Å². The first-order chi connectivity index (χ1) is 12.4. The van der Waals surface area contributed by atoms with Gasteiger partial charge in [0.25, 0.3) is 11.8 Å². The molecular weight excluding hydrogens is 384 g/mol. The maximum atomic E-state index is 11.9. The molecule has 0 spiro atoms. The summed E-state index contributed by atoms with van der Waals surface area (Å²) in [5.74, 6) is -0.691. The van der Waals surface area contributed by atoms with Crippen molar-refractivity contribution in [3.63, 3.8) is 0 Å². The van der Waals surface area contributed by atoms with Crippen LogP contribution in [0.4, 0.5) is 10.3 Å². The van der Waals surface area contributed by atoms with Crippen LogP contribution in [0.2, 0.25) is 0 Å². The lowest BCUT2D eigenvalue weighted by molar-refractivity contribution is -0.125. The normalized spacial score (nSPS) is 12.1. The van der Waals surface area contributed by atoms with Gasteiger partial charge in [-0.05, 0) is 0 Å². The number of hydrogen-bond acceptors (Lipinski definition) is 7. The molecule has 0 aliphatic rings. The highest BCUT2D eigenvalue weighted by Crippen LogP contribution is 2.27. The largest absolute Gasteiger partial charge is 0.362 e. The van der Waals surface area contributed by atoms with Crippen molar-refractivity contribution in [3.8, 4) is 0 Å². The Balaban J connectivity index is 1.74. The molecule has 27 heavy (non-hydrogen) atoms. The fourth-order valence-electron chi connectivity index (χ4n) is 1.90. The van der Waals surface area contributed by atoms with Crippen LogP contribution in [0.15, 0.2) is 10.8 Å². The number of nitrogens with zero attached hydrogens (tertiary/aromatic N) is 2. The number of rotatable bonds is 6. The molecule has 2 heterocycles. The third-order valence-electron chi connectivity index (χ3n) is 3.50. The first kappa shape index (κ1) is 21.5. The topological polar surface area (TPSA) is 93.2 Å². The summed E-state index contributed by atoms with van der Waals surface area (Å²) in [5, 5.41) is 10.2. The monoisotopic (exact) mass is 410 g/mol. The van der Waals surface area contributed by atoms with E-state index < -0.39 is 0 Å². The van der Waals surface area contributed by atoms with Crippen molar-refractivity contribution < 1.29 is 14.3 Å². The van der Waals surface area contributed by atoms with Gasteiger partial charge in [-0.2, -0.15) is 0 Å². The molecule has 0 fully saturated rings. The Morgan fingerprint density at radius 2 is 1.22 bits per heavy atom. The van der Waals surface area contributed by atoms with Crippen molar-refractivity contribution in [2.45, 2.75) is 52.4 Å². The number of thiazole rings is 2. The number of anilines is 2. The van der Waals surface area contributed by atoms with E-state index in [-0.39, 0.29) is 35.9 Å². The van der Waals surface area contributed by atoms with Gasteiger partial charge < -0.3 is 4.74 Å². The predicted octanol–water partition coefficient (Wildman–Crippen LogP) is 3.79. The van der Waals surface area contributed by atoms with Crippen molar-refractivity contribution in [1.82, 2.24) is 9.97 Å². The molecule has 0 bridgehead atoms. The Morgan fingerprint density at radius 1 is 0.852 bits per heavy atom. The minimum Gasteiger partial charge on any atom is -0.362 e. The number of hydrogen-bond donors (Lipinski definition) is 2. The molecule has 7 nitrogen and oxygen atoms in total. The third kappa shape index (κ3) is 6.67. The number of carbonyl (C=O) groups is 2. The summed E-state index contributed by atoms with van der Waals surface area (Å²) in [5.41, 5.74) is 1.69. The van der Waals surface area contributed by atoms with Crippen molar-refractivity contribution in [1.29, 1.82) is 0 Å². The lowest BCUT2D eigenvalue weighted by Gasteiger charge is -2.14. The van der Waals surface area contributed by atoms with Gasteiger partial charge in [0.1, 0.15) is 13.2 Å². The number of amides is 2. The molecule has 2 N–H and O–H groups in total. The Labute approximate surface area is 167 Å². The van der Waals surface area contributed by atoms with Gasteiger partial charge in [0, 0.05) is 21.6 Å². The molecule has 9 heteroatoms. The molecule has 0 aromatic carbocycles. The molecule has 0 saturated carbocycles. The SMILES string of the molecule is CC(C)(C)c1csc(NC(=O)COCC(=O)Nc2nc(C(C)(C)C)cs2)n1. The lowest BCUT2D eigenvalue weighted by atomic mass is 9.93. The van der Waals surface area contributed by atoms with Crippen LogP contribution in [-0.4, -0.2) is 35.0 Å². The molecule has 0 unspecified atom stereocenters. The van der Waals surface area contributed by atoms with E-state index in [0.717, 1.165) is 11.4 Å². The van der Waals surface area contributed by atoms with Gasteiger partial charge in [-0.1, -0.05) is 41.5 Å². The zero-order valence-electron chi connectivity index (χ0n) is 16.5. The molecule has 0 radical (unpaired) electrons. The van der Waals surface area contributed by atoms with Gasteiger partial charge in [-0.25, -0.2) is 9.97 Å². The molecule has 0 atom stereocenters. The third-order valence-corrected chi connectivity index (χ3v) is 5.02. The summed E-state index contributed by atoms with van der Waals surface area (Å²) in [7, 11) is 0. The molecule has 0 aliphatic heterocycles. The van der Waals surface area contributed by atoms with E-state index in [0.29, 0.717) is 10.3 Å². The van der Waals surface area contributed by atoms with Gasteiger partial charge in [-0.3, -0.25) is 20.2 Å². The second-order valence-electron chi connectivity index (χ2n) is 8.16. The first-order valence-corrected chi connectivity index (χ1v) is 10.3. The smallest absolute Gasteiger partial charge is 0.252 e. The minimum absolute atomic E-state index is 0.0727. The van der Waals surface area contributed by atoms with Crippen LogP contribution < -0.4 is 10.6 Å². The highest BCUT2D eigenvalue weighted by molar-refractivity contribution is 7.14. The van der Waals surface area contributed by atoms with Gasteiger partial charge in [0.2, 0.25) is 0 Å². The van der Waals surface area contributed by atoms with Crippen molar-refractivity contribution >= 4 is 44.8 Å². The predicted molar refractivity (Wildman–Crippen MR) is 110 cm³/mol. The average Bonchev–Trinajstić information content (AvgIpc) is 3.15. The standard InChI is InChI=1S/C18H26N4O3S2/c1-17(2,3)11-9-26-15(19-11)21-13(23)7-25-8-14(24)22-16-20-12(10-27-16)18(4,5)6/h9-10H,7-8H2,1-6H3,(H,19,21,23)(H,20,22,24). The molecule has 2 aromatic rings. The fraction of sp³-hybridized carbons (Fsp3) is 0.556. The summed E-state index contributed by atoms with van der Waals surface area (Å²) in [6.45, 7) is 11.9. The Morgan fingerprint density at radius 3 is 1.52 bits per heavy atom. The summed E-state index contributed by atoms with van der Waals surface area (Å²) in [6, 6.07) is 0. The fourth-order valence-corrected chi connectivity index (χ4v) is 3.81. The molecule has 2 rings (SSSR count). The van der Waals surface area contributed by atoms with Gasteiger partial charge in [0.15, 0.2) is 10.3 Å². The maximum absolute atomic E-state index is 11.9. The highest BCUT2D eigenvalue weighted by atomic mass is 32.1. The summed E-state index contributed by atoms with van der Waals surface area (Å²) < 4.78 is 5.18. The van der Waals surface area contributed by atoms with E-state index in [2.05, 4.69) is 62.1 Å². The van der Waals surface area contributed by atoms with Crippen LogP contribution >= 0.6 is 22.7 Å². The van der Waals surface area contributed by atoms with E-state index in [1.54, 1.807) is 0 Å². The van der Waals surface area contributed by atoms with Crippen molar-refractivity contribution in [2.75, 3.05) is 23.8 Å². The van der Waals surface area contributed by atoms with Crippen molar-refractivity contribution in [2.24, 2.45) is 0 Å². The van der Waals surface area contributed by atoms with Crippen LogP contribution in [0.25, 0.3) is 0 Å². The van der Waals surface area contributed by atoms with Crippen LogP contribution in [0.1, 0.15) is 52.9 Å². The Hall–Kier alpha value is -1.84. The van der Waals surface area contributed by atoms with Crippen LogP contribution in [0, 0.1) is 0 Å². The minimum atomic E-state index is -0.345. The molecular formula is C18H26N4O3S2. The van der Waals surface area contributed by atoms with Crippen molar-refractivity contribution in [3.05, 3.63) is 22.1 Å². The summed E-state index contributed by atoms with van der Waals surface area (Å²) in [6.07, 6.45) is 0. The first-order valence-electron chi connectivity index (χ1n) is 8.54. The van der Waals surface area contributed by atoms with Crippen LogP contribution in [-0.2, 0) is 25.2 Å². The number of aromatic nitrogens is 2. The second-order valence-corrected chi connectivity index (χ2v) is 9.88. The van der Waals surface area contributed by atoms with E-state index >= 15 is 0 Å². The maximum Gasteiger partial charge on any atom is 0.252 e. The zero-order chi connectivity index (χ0) is 20.2. The number of carbonyl (C=O) groups excluding carboxylic acids is 2. The van der Waals surface area contributed by atoms with Crippen LogP contribution in [0.3, 0.4) is 0 Å². The molecule has 0 aliphatic carbocycles. The average molecular weight is 411 g/mol. The van der Waals surface area contributed by atoms with Gasteiger partial charge in [0.05, 0.1) is 11.4 Å². The Bertz CT molecular complexity index is 734. The van der Waals surface area contributed by atoms with Gasteiger partial charge in [-0.15, -0.1) is 22.7 Å². The van der Waals surface area contributed by atoms with Gasteiger partial charge >= 0.3 is 0 Å². The second kappa shape index (κ2) is 8.45. The Kier molecular flexibility index (Phi) is 6.72.